The molecule has 1 unspecified atom stereocenters. The minimum Gasteiger partial charge on any atom is -0.350 e. The van der Waals surface area contributed by atoms with E-state index in [0.717, 1.165) is 5.56 Å². The van der Waals surface area contributed by atoms with Crippen molar-refractivity contribution >= 4 is 33.4 Å². The zero-order valence-corrected chi connectivity index (χ0v) is 17.8. The summed E-state index contributed by atoms with van der Waals surface area (Å²) in [6.07, 6.45) is 4.43. The summed E-state index contributed by atoms with van der Waals surface area (Å²) >= 11 is 5.83. The van der Waals surface area contributed by atoms with Crippen LogP contribution in [0.5, 0.6) is 0 Å². The minimum atomic E-state index is -3.71. The van der Waals surface area contributed by atoms with E-state index in [1.165, 1.54) is 28.6 Å². The molecular formula is C20H23ClN4O4S. The number of nitrogens with one attached hydrogen (secondary N) is 2. The molecule has 0 radical (unpaired) electrons. The number of benzene rings is 1. The maximum Gasteiger partial charge on any atom is 0.243 e. The molecule has 0 aliphatic carbocycles. The molecule has 10 heteroatoms. The van der Waals surface area contributed by atoms with E-state index in [2.05, 4.69) is 15.6 Å². The molecule has 2 N–H and O–H groups in total. The van der Waals surface area contributed by atoms with Gasteiger partial charge in [0.2, 0.25) is 21.8 Å². The summed E-state index contributed by atoms with van der Waals surface area (Å²) in [5.74, 6) is -1.16. The van der Waals surface area contributed by atoms with Gasteiger partial charge in [-0.1, -0.05) is 17.7 Å². The van der Waals surface area contributed by atoms with Crippen LogP contribution in [0, 0.1) is 5.92 Å². The standard InChI is InChI=1S/C20H23ClN4O4S/c21-17-5-7-18(8-6-17)30(28,29)25-10-2-4-16(14-25)20(27)24-13-19(26)23-12-15-3-1-9-22-11-15/h1,3,5-9,11,16H,2,4,10,12-14H2,(H,23,26)(H,24,27). The highest BCUT2D eigenvalue weighted by atomic mass is 35.5. The van der Waals surface area contributed by atoms with Gasteiger partial charge in [0.05, 0.1) is 17.4 Å². The van der Waals surface area contributed by atoms with Gasteiger partial charge >= 0.3 is 0 Å². The van der Waals surface area contributed by atoms with Crippen LogP contribution < -0.4 is 10.6 Å². The number of amides is 2. The van der Waals surface area contributed by atoms with Gasteiger partial charge in [-0.05, 0) is 48.7 Å². The van der Waals surface area contributed by atoms with Crippen LogP contribution >= 0.6 is 11.6 Å². The first-order chi connectivity index (χ1) is 14.4. The average molecular weight is 451 g/mol. The first-order valence-corrected chi connectivity index (χ1v) is 11.4. The van der Waals surface area contributed by atoms with Crippen molar-refractivity contribution in [3.63, 3.8) is 0 Å². The molecule has 1 atom stereocenters. The minimum absolute atomic E-state index is 0.0775. The lowest BCUT2D eigenvalue weighted by Crippen LogP contribution is -2.47. The van der Waals surface area contributed by atoms with Gasteiger partial charge in [-0.25, -0.2) is 8.42 Å². The molecule has 160 valence electrons. The molecular weight excluding hydrogens is 428 g/mol. The van der Waals surface area contributed by atoms with Crippen LogP contribution in [-0.2, 0) is 26.2 Å². The lowest BCUT2D eigenvalue weighted by Gasteiger charge is -2.31. The van der Waals surface area contributed by atoms with Crippen molar-refractivity contribution in [2.45, 2.75) is 24.3 Å². The van der Waals surface area contributed by atoms with Gasteiger partial charge in [-0.3, -0.25) is 14.6 Å². The van der Waals surface area contributed by atoms with Gasteiger partial charge in [0.15, 0.2) is 0 Å². The number of hydrogen-bond donors (Lipinski definition) is 2. The largest absolute Gasteiger partial charge is 0.350 e. The molecule has 8 nitrogen and oxygen atoms in total. The fourth-order valence-electron chi connectivity index (χ4n) is 3.21. The van der Waals surface area contributed by atoms with Crippen molar-refractivity contribution in [2.24, 2.45) is 5.92 Å². The fourth-order valence-corrected chi connectivity index (χ4v) is 4.86. The Morgan fingerprint density at radius 3 is 2.63 bits per heavy atom. The van der Waals surface area contributed by atoms with Gasteiger partial charge in [0, 0.05) is 37.1 Å². The summed E-state index contributed by atoms with van der Waals surface area (Å²) in [5, 5.41) is 5.76. The number of halogens is 1. The first kappa shape index (κ1) is 22.2. The number of nitrogens with zero attached hydrogens (tertiary/aromatic N) is 2. The van der Waals surface area contributed by atoms with Gasteiger partial charge < -0.3 is 10.6 Å². The van der Waals surface area contributed by atoms with Gasteiger partial charge in [0.25, 0.3) is 0 Å². The predicted molar refractivity (Wildman–Crippen MR) is 112 cm³/mol. The molecule has 1 aliphatic rings. The van der Waals surface area contributed by atoms with E-state index in [0.29, 0.717) is 31.0 Å². The van der Waals surface area contributed by atoms with Crippen LogP contribution in [0.2, 0.25) is 5.02 Å². The second-order valence-electron chi connectivity index (χ2n) is 7.01. The van der Waals surface area contributed by atoms with Crippen LogP contribution in [0.15, 0.2) is 53.7 Å². The lowest BCUT2D eigenvalue weighted by atomic mass is 9.99. The third-order valence-corrected chi connectivity index (χ3v) is 6.97. The molecule has 1 aliphatic heterocycles. The topological polar surface area (TPSA) is 108 Å². The van der Waals surface area contributed by atoms with Crippen molar-refractivity contribution in [3.05, 3.63) is 59.4 Å². The number of hydrogen-bond acceptors (Lipinski definition) is 5. The number of carbonyl (C=O) groups is 2. The number of rotatable bonds is 7. The molecule has 1 fully saturated rings. The van der Waals surface area contributed by atoms with Crippen LogP contribution in [0.3, 0.4) is 0 Å². The van der Waals surface area contributed by atoms with E-state index in [1.807, 2.05) is 6.07 Å². The Kier molecular flexibility index (Phi) is 7.41. The van der Waals surface area contributed by atoms with Crippen molar-refractivity contribution in [1.29, 1.82) is 0 Å². The molecule has 30 heavy (non-hydrogen) atoms. The number of piperidine rings is 1. The second kappa shape index (κ2) is 10.0. The Bertz CT molecular complexity index is 984. The highest BCUT2D eigenvalue weighted by Crippen LogP contribution is 2.24. The number of aromatic nitrogens is 1. The summed E-state index contributed by atoms with van der Waals surface area (Å²) in [4.78, 5) is 28.6. The Balaban J connectivity index is 1.51. The summed E-state index contributed by atoms with van der Waals surface area (Å²) in [7, 11) is -3.71. The molecule has 2 heterocycles. The maximum atomic E-state index is 12.8. The third-order valence-electron chi connectivity index (χ3n) is 4.84. The van der Waals surface area contributed by atoms with E-state index in [9.17, 15) is 18.0 Å². The van der Waals surface area contributed by atoms with Gasteiger partial charge in [-0.2, -0.15) is 4.31 Å². The zero-order valence-electron chi connectivity index (χ0n) is 16.3. The molecule has 0 spiro atoms. The van der Waals surface area contributed by atoms with Gasteiger partial charge in [0.1, 0.15) is 0 Å². The predicted octanol–water partition coefficient (Wildman–Crippen LogP) is 1.57. The van der Waals surface area contributed by atoms with Crippen molar-refractivity contribution in [1.82, 2.24) is 19.9 Å². The molecule has 3 rings (SSSR count). The maximum absolute atomic E-state index is 12.8. The number of pyridine rings is 1. The van der Waals surface area contributed by atoms with Crippen LogP contribution in [0.1, 0.15) is 18.4 Å². The van der Waals surface area contributed by atoms with E-state index in [4.69, 9.17) is 11.6 Å². The smallest absolute Gasteiger partial charge is 0.243 e. The van der Waals surface area contributed by atoms with Crippen LogP contribution in [-0.4, -0.2) is 49.2 Å². The number of carbonyl (C=O) groups excluding carboxylic acids is 2. The Morgan fingerprint density at radius 2 is 1.93 bits per heavy atom. The fraction of sp³-hybridized carbons (Fsp3) is 0.350. The molecule has 1 saturated heterocycles. The quantitative estimate of drug-likeness (QED) is 0.665. The van der Waals surface area contributed by atoms with Crippen LogP contribution in [0.4, 0.5) is 0 Å². The van der Waals surface area contributed by atoms with E-state index >= 15 is 0 Å². The Labute approximate surface area is 180 Å². The van der Waals surface area contributed by atoms with E-state index in [1.54, 1.807) is 18.5 Å². The molecule has 2 aromatic rings. The highest BCUT2D eigenvalue weighted by molar-refractivity contribution is 7.89. The molecule has 1 aromatic carbocycles. The van der Waals surface area contributed by atoms with Gasteiger partial charge in [-0.15, -0.1) is 0 Å². The SMILES string of the molecule is O=C(CNC(=O)C1CCCN(S(=O)(=O)c2ccc(Cl)cc2)C1)NCc1cccnc1. The molecule has 0 bridgehead atoms. The highest BCUT2D eigenvalue weighted by Gasteiger charge is 2.33. The molecule has 1 aromatic heterocycles. The Morgan fingerprint density at radius 1 is 1.17 bits per heavy atom. The van der Waals surface area contributed by atoms with Crippen molar-refractivity contribution < 1.29 is 18.0 Å². The second-order valence-corrected chi connectivity index (χ2v) is 9.39. The number of sulfonamides is 1. The normalized spacial score (nSPS) is 17.3. The Hall–Kier alpha value is -2.49. The van der Waals surface area contributed by atoms with Crippen molar-refractivity contribution in [3.8, 4) is 0 Å². The third kappa shape index (κ3) is 5.78. The average Bonchev–Trinajstić information content (AvgIpc) is 2.77. The van der Waals surface area contributed by atoms with E-state index < -0.39 is 15.9 Å². The first-order valence-electron chi connectivity index (χ1n) is 9.55. The van der Waals surface area contributed by atoms with Crippen LogP contribution in [0.25, 0.3) is 0 Å². The molecule has 0 saturated carbocycles. The monoisotopic (exact) mass is 450 g/mol. The van der Waals surface area contributed by atoms with Crippen molar-refractivity contribution in [2.75, 3.05) is 19.6 Å². The lowest BCUT2D eigenvalue weighted by molar-refractivity contribution is -0.129. The summed E-state index contributed by atoms with van der Waals surface area (Å²) in [6, 6.07) is 9.56. The molecule has 2 amide bonds. The summed E-state index contributed by atoms with van der Waals surface area (Å²) in [6.45, 7) is 0.576. The van der Waals surface area contributed by atoms with E-state index in [-0.39, 0.29) is 29.8 Å². The summed E-state index contributed by atoms with van der Waals surface area (Å²) in [5.41, 5.74) is 0.854. The summed E-state index contributed by atoms with van der Waals surface area (Å²) < 4.78 is 27.0. The zero-order chi connectivity index (χ0) is 21.6.